The van der Waals surface area contributed by atoms with Crippen LogP contribution in [0.15, 0.2) is 66.7 Å². The van der Waals surface area contributed by atoms with Crippen molar-refractivity contribution < 1.29 is 22.7 Å². The van der Waals surface area contributed by atoms with Gasteiger partial charge in [-0.25, -0.2) is 8.42 Å². The molecule has 3 fully saturated rings. The molecule has 0 saturated carbocycles. The lowest BCUT2D eigenvalue weighted by Crippen LogP contribution is -2.62. The van der Waals surface area contributed by atoms with Crippen LogP contribution in [0, 0.1) is 0 Å². The van der Waals surface area contributed by atoms with Crippen LogP contribution >= 0.6 is 23.2 Å². The minimum absolute atomic E-state index is 0.0646. The minimum atomic E-state index is -3.11. The lowest BCUT2D eigenvalue weighted by molar-refractivity contribution is -0.141. The number of carbonyl (C=O) groups excluding carboxylic acids is 2. The lowest BCUT2D eigenvalue weighted by atomic mass is 9.94. The summed E-state index contributed by atoms with van der Waals surface area (Å²) < 4.78 is 29.9. The Morgan fingerprint density at radius 1 is 0.816 bits per heavy atom. The third kappa shape index (κ3) is 7.92. The van der Waals surface area contributed by atoms with E-state index in [4.69, 9.17) is 27.9 Å². The zero-order chi connectivity index (χ0) is 34.8. The molecular formula is C36H43Cl2N5O5S. The predicted octanol–water partition coefficient (Wildman–Crippen LogP) is 4.65. The maximum Gasteiger partial charge on any atom is 0.262 e. The van der Waals surface area contributed by atoms with E-state index in [1.165, 1.54) is 6.26 Å². The van der Waals surface area contributed by atoms with Gasteiger partial charge in [0, 0.05) is 73.2 Å². The smallest absolute Gasteiger partial charge is 0.262 e. The average Bonchev–Trinajstić information content (AvgIpc) is 3.78. The van der Waals surface area contributed by atoms with Gasteiger partial charge < -0.3 is 14.5 Å². The van der Waals surface area contributed by atoms with E-state index in [0.717, 1.165) is 24.0 Å². The second kappa shape index (κ2) is 15.0. The van der Waals surface area contributed by atoms with E-state index in [1.54, 1.807) is 18.2 Å². The van der Waals surface area contributed by atoms with Gasteiger partial charge in [0.1, 0.15) is 15.6 Å². The number of nitrogens with one attached hydrogen (secondary N) is 2. The van der Waals surface area contributed by atoms with Crippen LogP contribution in [0.3, 0.4) is 0 Å². The van der Waals surface area contributed by atoms with Gasteiger partial charge in [0.2, 0.25) is 0 Å². The molecule has 3 aromatic carbocycles. The fourth-order valence-corrected chi connectivity index (χ4v) is 7.85. The van der Waals surface area contributed by atoms with Gasteiger partial charge in [-0.15, -0.1) is 0 Å². The Hall–Kier alpha value is -3.19. The maximum absolute atomic E-state index is 15.2. The number of amides is 2. The van der Waals surface area contributed by atoms with E-state index in [9.17, 15) is 13.2 Å². The molecule has 0 spiro atoms. The van der Waals surface area contributed by atoms with E-state index in [1.807, 2.05) is 65.3 Å². The van der Waals surface area contributed by atoms with Crippen molar-refractivity contribution in [2.45, 2.75) is 37.5 Å². The number of sulfone groups is 1. The zero-order valence-electron chi connectivity index (χ0n) is 27.8. The van der Waals surface area contributed by atoms with E-state index < -0.39 is 27.6 Å². The molecule has 49 heavy (non-hydrogen) atoms. The Balaban J connectivity index is 1.45. The number of piperazine rings is 1. The van der Waals surface area contributed by atoms with Gasteiger partial charge in [-0.2, -0.15) is 0 Å². The number of hydrogen-bond acceptors (Lipinski definition) is 8. The molecule has 2 amide bonds. The Kier molecular flexibility index (Phi) is 10.9. The Bertz CT molecular complexity index is 1710. The first-order valence-electron chi connectivity index (χ1n) is 16.8. The van der Waals surface area contributed by atoms with Crippen molar-refractivity contribution in [3.63, 3.8) is 0 Å². The van der Waals surface area contributed by atoms with Gasteiger partial charge in [0.25, 0.3) is 11.8 Å². The molecule has 3 aliphatic rings. The molecule has 0 bridgehead atoms. The van der Waals surface area contributed by atoms with Crippen LogP contribution in [-0.4, -0.2) is 99.4 Å². The second-order valence-corrected chi connectivity index (χ2v) is 16.1. The van der Waals surface area contributed by atoms with Crippen molar-refractivity contribution in [2.75, 3.05) is 64.4 Å². The van der Waals surface area contributed by atoms with E-state index in [2.05, 4.69) is 15.5 Å². The fourth-order valence-electron chi connectivity index (χ4n) is 7.01. The van der Waals surface area contributed by atoms with Gasteiger partial charge in [0.15, 0.2) is 5.66 Å². The summed E-state index contributed by atoms with van der Waals surface area (Å²) in [5, 5.41) is 8.66. The lowest BCUT2D eigenvalue weighted by Gasteiger charge is -2.40. The fraction of sp³-hybridized carbons (Fsp3) is 0.444. The molecular weight excluding hydrogens is 685 g/mol. The summed E-state index contributed by atoms with van der Waals surface area (Å²) >= 11 is 12.6. The highest BCUT2D eigenvalue weighted by atomic mass is 35.5. The van der Waals surface area contributed by atoms with E-state index >= 15 is 4.79 Å². The molecule has 6 rings (SSSR count). The van der Waals surface area contributed by atoms with Crippen molar-refractivity contribution in [3.05, 3.63) is 99.0 Å². The topological polar surface area (TPSA) is 111 Å². The number of hydrogen-bond donors (Lipinski definition) is 2. The molecule has 0 aromatic heterocycles. The number of rotatable bonds is 10. The minimum Gasteiger partial charge on any atom is -0.493 e. The zero-order valence-corrected chi connectivity index (χ0v) is 30.2. The first-order valence-corrected chi connectivity index (χ1v) is 19.6. The summed E-state index contributed by atoms with van der Waals surface area (Å²) in [4.78, 5) is 34.7. The molecule has 13 heteroatoms. The van der Waals surface area contributed by atoms with Crippen LogP contribution in [0.4, 0.5) is 0 Å². The maximum atomic E-state index is 15.2. The summed E-state index contributed by atoms with van der Waals surface area (Å²) in [5.41, 5.74) is 1.34. The predicted molar refractivity (Wildman–Crippen MR) is 192 cm³/mol. The molecule has 2 N–H and O–H groups in total. The molecule has 0 radical (unpaired) electrons. The molecule has 3 aliphatic heterocycles. The number of halogens is 2. The van der Waals surface area contributed by atoms with Gasteiger partial charge >= 0.3 is 0 Å². The first-order chi connectivity index (χ1) is 23.5. The number of nitrogens with zero attached hydrogens (tertiary/aromatic N) is 3. The quantitative estimate of drug-likeness (QED) is 0.311. The van der Waals surface area contributed by atoms with Gasteiger partial charge in [-0.3, -0.25) is 25.1 Å². The monoisotopic (exact) mass is 727 g/mol. The van der Waals surface area contributed by atoms with Crippen LogP contribution in [0.5, 0.6) is 5.75 Å². The van der Waals surface area contributed by atoms with Gasteiger partial charge in [-0.1, -0.05) is 47.5 Å². The number of ether oxygens (including phenoxy) is 1. The molecule has 10 nitrogen and oxygen atoms in total. The molecule has 0 aliphatic carbocycles. The highest BCUT2D eigenvalue weighted by Crippen LogP contribution is 2.45. The van der Waals surface area contributed by atoms with Crippen molar-refractivity contribution in [1.29, 1.82) is 0 Å². The summed E-state index contributed by atoms with van der Waals surface area (Å²) in [5.74, 6) is 0.268. The normalized spacial score (nSPS) is 23.2. The Morgan fingerprint density at radius 3 is 1.88 bits per heavy atom. The summed E-state index contributed by atoms with van der Waals surface area (Å²) in [7, 11) is -3.11. The highest BCUT2D eigenvalue weighted by Gasteiger charge is 2.54. The van der Waals surface area contributed by atoms with Crippen LogP contribution in [0.25, 0.3) is 0 Å². The van der Waals surface area contributed by atoms with Crippen molar-refractivity contribution in [2.24, 2.45) is 0 Å². The summed E-state index contributed by atoms with van der Waals surface area (Å²) in [6.45, 7) is 5.93. The largest absolute Gasteiger partial charge is 0.493 e. The summed E-state index contributed by atoms with van der Waals surface area (Å²) in [6, 6.07) is 19.7. The Morgan fingerprint density at radius 2 is 1.37 bits per heavy atom. The van der Waals surface area contributed by atoms with Crippen molar-refractivity contribution in [3.8, 4) is 5.75 Å². The molecule has 262 valence electrons. The van der Waals surface area contributed by atoms with Crippen LogP contribution in [0.2, 0.25) is 10.0 Å². The van der Waals surface area contributed by atoms with Gasteiger partial charge in [-0.05, 0) is 73.4 Å². The Labute approximate surface area is 298 Å². The molecule has 1 unspecified atom stereocenters. The number of benzene rings is 3. The average molecular weight is 729 g/mol. The second-order valence-electron chi connectivity index (χ2n) is 13.0. The van der Waals surface area contributed by atoms with Crippen LogP contribution < -0.4 is 15.4 Å². The van der Waals surface area contributed by atoms with E-state index in [0.29, 0.717) is 79.3 Å². The van der Waals surface area contributed by atoms with E-state index in [-0.39, 0.29) is 17.6 Å². The van der Waals surface area contributed by atoms with Crippen molar-refractivity contribution in [1.82, 2.24) is 25.3 Å². The van der Waals surface area contributed by atoms with Crippen LogP contribution in [-0.2, 0) is 20.3 Å². The standard InChI is InChI=1S/C36H43Cl2N5O5S/c1-3-48-31-15-10-27(34(44)42-16-4-5-17-42)24-30(31)36(35(45)43-20-18-41(19-21-43)22-23-49(2,46)47)39-32(25-6-11-28(37)12-7-25)33(40-36)26-8-13-29(38)14-9-26/h6-15,24,32-33,39-40H,3-5,16-23H2,1-2H3/t32-,33+,36?. The SMILES string of the molecule is CCOc1ccc(C(=O)N2CCCC2)cc1C1(C(=O)N2CCN(CCS(C)(=O)=O)CC2)N[C@H](c2ccc(Cl)cc2)[C@H](c2ccc(Cl)cc2)N1. The van der Waals surface area contributed by atoms with Crippen molar-refractivity contribution >= 4 is 44.9 Å². The molecule has 3 heterocycles. The third-order valence-corrected chi connectivity index (χ3v) is 11.0. The highest BCUT2D eigenvalue weighted by molar-refractivity contribution is 7.90. The first kappa shape index (κ1) is 35.6. The molecule has 3 atom stereocenters. The summed E-state index contributed by atoms with van der Waals surface area (Å²) in [6.07, 6.45) is 3.16. The molecule has 3 saturated heterocycles. The van der Waals surface area contributed by atoms with Crippen LogP contribution in [0.1, 0.15) is 58.9 Å². The third-order valence-electron chi connectivity index (χ3n) is 9.62. The number of carbonyl (C=O) groups is 2. The van der Waals surface area contributed by atoms with Gasteiger partial charge in [0.05, 0.1) is 24.4 Å². The molecule has 3 aromatic rings. The number of likely N-dealkylation sites (tertiary alicyclic amines) is 1.